The van der Waals surface area contributed by atoms with Gasteiger partial charge in [0.25, 0.3) is 5.69 Å². The van der Waals surface area contributed by atoms with E-state index in [2.05, 4.69) is 24.4 Å². The van der Waals surface area contributed by atoms with Crippen LogP contribution in [0.25, 0.3) is 0 Å². The van der Waals surface area contributed by atoms with Crippen LogP contribution in [0.1, 0.15) is 25.8 Å². The first-order valence-electron chi connectivity index (χ1n) is 8.50. The number of nitrogens with two attached hydrogens (primary N) is 1. The van der Waals surface area contributed by atoms with E-state index in [0.29, 0.717) is 12.5 Å². The van der Waals surface area contributed by atoms with Crippen molar-refractivity contribution >= 4 is 27.6 Å². The fraction of sp³-hybridized carbons (Fsp3) is 0.278. The monoisotopic (exact) mass is 406 g/mol. The van der Waals surface area contributed by atoms with Gasteiger partial charge in [0.1, 0.15) is 11.4 Å². The summed E-state index contributed by atoms with van der Waals surface area (Å²) in [6, 6.07) is 10.5. The molecule has 0 aliphatic heterocycles. The topological polar surface area (TPSA) is 137 Å². The Morgan fingerprint density at radius 3 is 2.50 bits per heavy atom. The van der Waals surface area contributed by atoms with Gasteiger partial charge in [0.15, 0.2) is 0 Å². The molecule has 0 saturated heterocycles. The minimum absolute atomic E-state index is 0.0438. The highest BCUT2D eigenvalue weighted by molar-refractivity contribution is 7.89. The number of benzene rings is 2. The van der Waals surface area contributed by atoms with Crippen LogP contribution in [0.4, 0.5) is 11.4 Å². The van der Waals surface area contributed by atoms with E-state index < -0.39 is 20.6 Å². The molecule has 0 bridgehead atoms. The molecule has 0 saturated carbocycles. The van der Waals surface area contributed by atoms with E-state index in [9.17, 15) is 18.5 Å². The molecule has 0 unspecified atom stereocenters. The van der Waals surface area contributed by atoms with E-state index >= 15 is 0 Å². The molecule has 0 radical (unpaired) electrons. The van der Waals surface area contributed by atoms with Gasteiger partial charge in [0.05, 0.1) is 22.6 Å². The van der Waals surface area contributed by atoms with Gasteiger partial charge in [0.2, 0.25) is 10.0 Å². The second-order valence-corrected chi connectivity index (χ2v) is 8.01. The second-order valence-electron chi connectivity index (χ2n) is 6.45. The summed E-state index contributed by atoms with van der Waals surface area (Å²) in [7, 11) is -4.04. The third-order valence-corrected chi connectivity index (χ3v) is 4.65. The third kappa shape index (κ3) is 6.32. The van der Waals surface area contributed by atoms with Crippen LogP contribution in [0.3, 0.4) is 0 Å². The van der Waals surface area contributed by atoms with Gasteiger partial charge in [0, 0.05) is 6.07 Å². The maximum absolute atomic E-state index is 11.3. The molecule has 0 fully saturated rings. The van der Waals surface area contributed by atoms with Crippen LogP contribution in [0.5, 0.6) is 5.75 Å². The third-order valence-electron chi connectivity index (χ3n) is 3.74. The molecule has 0 atom stereocenters. The fourth-order valence-corrected chi connectivity index (χ4v) is 2.71. The number of rotatable bonds is 9. The van der Waals surface area contributed by atoms with Crippen LogP contribution in [-0.4, -0.2) is 26.2 Å². The van der Waals surface area contributed by atoms with Crippen molar-refractivity contribution in [3.05, 3.63) is 58.1 Å². The largest absolute Gasteiger partial charge is 0.494 e. The molecular weight excluding hydrogens is 384 g/mol. The molecule has 0 aliphatic carbocycles. The van der Waals surface area contributed by atoms with Crippen LogP contribution < -0.4 is 15.3 Å². The number of anilines is 1. The molecule has 0 aromatic heterocycles. The van der Waals surface area contributed by atoms with E-state index in [1.807, 2.05) is 12.1 Å². The Morgan fingerprint density at radius 1 is 1.25 bits per heavy atom. The molecule has 2 aromatic rings. The molecule has 0 aliphatic rings. The zero-order chi connectivity index (χ0) is 20.7. The van der Waals surface area contributed by atoms with Gasteiger partial charge in [-0.25, -0.2) is 13.6 Å². The predicted molar refractivity (Wildman–Crippen MR) is 107 cm³/mol. The number of hydrogen-bond acceptors (Lipinski definition) is 7. The van der Waals surface area contributed by atoms with E-state index in [-0.39, 0.29) is 10.6 Å². The highest BCUT2D eigenvalue weighted by Crippen LogP contribution is 2.27. The lowest BCUT2D eigenvalue weighted by atomic mass is 10.1. The van der Waals surface area contributed by atoms with Crippen molar-refractivity contribution in [1.82, 2.24) is 0 Å². The van der Waals surface area contributed by atoms with Crippen LogP contribution in [0, 0.1) is 16.0 Å². The molecule has 28 heavy (non-hydrogen) atoms. The Hall–Kier alpha value is -2.98. The highest BCUT2D eigenvalue weighted by Gasteiger charge is 2.18. The Kier molecular flexibility index (Phi) is 7.07. The Balaban J connectivity index is 2.05. The molecule has 2 aromatic carbocycles. The fourth-order valence-electron chi connectivity index (χ4n) is 2.17. The number of nitro groups is 1. The van der Waals surface area contributed by atoms with E-state index in [1.165, 1.54) is 18.3 Å². The lowest BCUT2D eigenvalue weighted by molar-refractivity contribution is -0.384. The molecule has 0 heterocycles. The van der Waals surface area contributed by atoms with Crippen molar-refractivity contribution in [2.75, 3.05) is 12.0 Å². The molecule has 3 N–H and O–H groups in total. The van der Waals surface area contributed by atoms with Gasteiger partial charge in [-0.1, -0.05) is 13.8 Å². The summed E-state index contributed by atoms with van der Waals surface area (Å²) in [4.78, 5) is 10.1. The normalized spacial score (nSPS) is 11.7. The summed E-state index contributed by atoms with van der Waals surface area (Å²) in [5, 5.41) is 20.1. The van der Waals surface area contributed by atoms with Gasteiger partial charge in [-0.15, -0.1) is 0 Å². The summed E-state index contributed by atoms with van der Waals surface area (Å²) in [6.07, 6.45) is 2.45. The summed E-state index contributed by atoms with van der Waals surface area (Å²) in [5.74, 6) is 1.32. The lowest BCUT2D eigenvalue weighted by Gasteiger charge is -2.08. The first-order chi connectivity index (χ1) is 13.2. The number of nitro benzene ring substituents is 1. The summed E-state index contributed by atoms with van der Waals surface area (Å²) in [5.41, 5.74) is 2.90. The summed E-state index contributed by atoms with van der Waals surface area (Å²) >= 11 is 0. The SMILES string of the molecule is CC(C)CCOc1ccc(/C=N/Nc2ccc(S(N)(=O)=O)cc2[N+](=O)[O-])cc1. The molecule has 0 spiro atoms. The molecule has 10 heteroatoms. The molecule has 2 rings (SSSR count). The van der Waals surface area contributed by atoms with Crippen molar-refractivity contribution in [2.45, 2.75) is 25.2 Å². The Labute approximate surface area is 163 Å². The zero-order valence-corrected chi connectivity index (χ0v) is 16.3. The molecule has 0 amide bonds. The minimum atomic E-state index is -4.04. The standard InChI is InChI=1S/C18H22N4O5S/c1-13(2)9-10-27-15-5-3-14(4-6-15)12-20-21-17-8-7-16(28(19,25)26)11-18(17)22(23)24/h3-8,11-13,21H,9-10H2,1-2H3,(H2,19,25,26)/b20-12+. The first kappa shape index (κ1) is 21.3. The summed E-state index contributed by atoms with van der Waals surface area (Å²) < 4.78 is 28.3. The number of primary sulfonamides is 1. The van der Waals surface area contributed by atoms with E-state index in [0.717, 1.165) is 23.8 Å². The summed E-state index contributed by atoms with van der Waals surface area (Å²) in [6.45, 7) is 4.90. The maximum atomic E-state index is 11.3. The smallest absolute Gasteiger partial charge is 0.295 e. The van der Waals surface area contributed by atoms with Gasteiger partial charge in [-0.3, -0.25) is 15.5 Å². The second kappa shape index (κ2) is 9.29. The number of hydrazone groups is 1. The first-order valence-corrected chi connectivity index (χ1v) is 10.0. The van der Waals surface area contributed by atoms with Crippen LogP contribution in [0.15, 0.2) is 52.5 Å². The van der Waals surface area contributed by atoms with Crippen molar-refractivity contribution in [3.63, 3.8) is 0 Å². The Morgan fingerprint density at radius 2 is 1.93 bits per heavy atom. The highest BCUT2D eigenvalue weighted by atomic mass is 32.2. The number of nitrogens with zero attached hydrogens (tertiary/aromatic N) is 2. The zero-order valence-electron chi connectivity index (χ0n) is 15.5. The van der Waals surface area contributed by atoms with Crippen LogP contribution >= 0.6 is 0 Å². The predicted octanol–water partition coefficient (Wildman–Crippen LogP) is 3.11. The quantitative estimate of drug-likeness (QED) is 0.373. The Bertz CT molecular complexity index is 956. The van der Waals surface area contributed by atoms with E-state index in [4.69, 9.17) is 9.88 Å². The van der Waals surface area contributed by atoms with Gasteiger partial charge < -0.3 is 4.74 Å². The number of hydrogen-bond donors (Lipinski definition) is 2. The maximum Gasteiger partial charge on any atom is 0.295 e. The molecular formula is C18H22N4O5S. The van der Waals surface area contributed by atoms with Gasteiger partial charge >= 0.3 is 0 Å². The van der Waals surface area contributed by atoms with Crippen molar-refractivity contribution < 1.29 is 18.1 Å². The van der Waals surface area contributed by atoms with Crippen molar-refractivity contribution in [3.8, 4) is 5.75 Å². The lowest BCUT2D eigenvalue weighted by Crippen LogP contribution is -2.12. The van der Waals surface area contributed by atoms with Crippen LogP contribution in [0.2, 0.25) is 0 Å². The molecule has 150 valence electrons. The van der Waals surface area contributed by atoms with Crippen molar-refractivity contribution in [2.24, 2.45) is 16.2 Å². The van der Waals surface area contributed by atoms with Crippen molar-refractivity contribution in [1.29, 1.82) is 0 Å². The average molecular weight is 406 g/mol. The van der Waals surface area contributed by atoms with Gasteiger partial charge in [-0.2, -0.15) is 5.10 Å². The minimum Gasteiger partial charge on any atom is -0.494 e. The number of nitrogens with one attached hydrogen (secondary N) is 1. The molecule has 9 nitrogen and oxygen atoms in total. The average Bonchev–Trinajstić information content (AvgIpc) is 2.62. The number of sulfonamides is 1. The van der Waals surface area contributed by atoms with E-state index in [1.54, 1.807) is 12.1 Å². The number of ether oxygens (including phenoxy) is 1. The van der Waals surface area contributed by atoms with Gasteiger partial charge in [-0.05, 0) is 54.3 Å². The van der Waals surface area contributed by atoms with Crippen LogP contribution in [-0.2, 0) is 10.0 Å².